The molecule has 0 rings (SSSR count). The molecule has 0 saturated carbocycles. The maximum atomic E-state index is 11.2. The van der Waals surface area contributed by atoms with Crippen LogP contribution in [0, 0.1) is 5.92 Å². The van der Waals surface area contributed by atoms with E-state index in [-0.39, 0.29) is 17.8 Å². The standard InChI is InChI=1S/C14H23ClO3/c1-3-5-6-7-8-12(13(16)11-15)9-10-14(17)18-4-2/h5-6,9-10,12-13,16H,3-4,7-8,11H2,1-2H3/b6-5-,10-9+/t12-,13+/m1/s1. The van der Waals surface area contributed by atoms with Gasteiger partial charge in [0.05, 0.1) is 12.7 Å². The van der Waals surface area contributed by atoms with E-state index in [1.165, 1.54) is 6.08 Å². The van der Waals surface area contributed by atoms with Gasteiger partial charge < -0.3 is 9.84 Å². The Morgan fingerprint density at radius 1 is 1.39 bits per heavy atom. The lowest BCUT2D eigenvalue weighted by molar-refractivity contribution is -0.137. The van der Waals surface area contributed by atoms with Gasteiger partial charge in [-0.05, 0) is 26.2 Å². The van der Waals surface area contributed by atoms with Crippen molar-refractivity contribution in [3.63, 3.8) is 0 Å². The van der Waals surface area contributed by atoms with E-state index in [9.17, 15) is 9.90 Å². The topological polar surface area (TPSA) is 46.5 Å². The molecule has 0 aromatic heterocycles. The Balaban J connectivity index is 4.30. The number of hydrogen-bond acceptors (Lipinski definition) is 3. The highest BCUT2D eigenvalue weighted by molar-refractivity contribution is 6.18. The van der Waals surface area contributed by atoms with Crippen LogP contribution in [0.1, 0.15) is 33.1 Å². The van der Waals surface area contributed by atoms with E-state index in [4.69, 9.17) is 16.3 Å². The van der Waals surface area contributed by atoms with Gasteiger partial charge in [-0.3, -0.25) is 0 Å². The van der Waals surface area contributed by atoms with Gasteiger partial charge in [0.2, 0.25) is 0 Å². The molecular formula is C14H23ClO3. The Bertz CT molecular complexity index is 274. The Morgan fingerprint density at radius 3 is 2.67 bits per heavy atom. The fraction of sp³-hybridized carbons (Fsp3) is 0.643. The SMILES string of the molecule is CC/C=C\CC[C@H](/C=C/C(=O)OCC)[C@@H](O)CCl. The molecule has 0 heterocycles. The van der Waals surface area contributed by atoms with Crippen molar-refractivity contribution in [2.45, 2.75) is 39.2 Å². The van der Waals surface area contributed by atoms with E-state index in [0.717, 1.165) is 19.3 Å². The molecule has 0 aliphatic rings. The first-order valence-electron chi connectivity index (χ1n) is 6.39. The summed E-state index contributed by atoms with van der Waals surface area (Å²) in [4.78, 5) is 11.2. The van der Waals surface area contributed by atoms with Crippen molar-refractivity contribution in [2.75, 3.05) is 12.5 Å². The molecule has 3 nitrogen and oxygen atoms in total. The second-order valence-electron chi connectivity index (χ2n) is 3.95. The zero-order chi connectivity index (χ0) is 13.8. The summed E-state index contributed by atoms with van der Waals surface area (Å²) >= 11 is 5.65. The van der Waals surface area contributed by atoms with Crippen LogP contribution in [0.4, 0.5) is 0 Å². The van der Waals surface area contributed by atoms with Gasteiger partial charge >= 0.3 is 5.97 Å². The van der Waals surface area contributed by atoms with Crippen LogP contribution in [-0.2, 0) is 9.53 Å². The third-order valence-corrected chi connectivity index (χ3v) is 2.80. The second-order valence-corrected chi connectivity index (χ2v) is 4.26. The van der Waals surface area contributed by atoms with Gasteiger partial charge in [0.15, 0.2) is 0 Å². The van der Waals surface area contributed by atoms with E-state index < -0.39 is 6.10 Å². The van der Waals surface area contributed by atoms with Gasteiger partial charge in [0.25, 0.3) is 0 Å². The average Bonchev–Trinajstić information content (AvgIpc) is 2.37. The number of carbonyl (C=O) groups excluding carboxylic acids is 1. The van der Waals surface area contributed by atoms with E-state index in [1.54, 1.807) is 13.0 Å². The first kappa shape index (κ1) is 17.2. The van der Waals surface area contributed by atoms with Gasteiger partial charge in [-0.1, -0.05) is 25.2 Å². The summed E-state index contributed by atoms with van der Waals surface area (Å²) in [5.41, 5.74) is 0. The van der Waals surface area contributed by atoms with Crippen LogP contribution in [0.25, 0.3) is 0 Å². The number of aliphatic hydroxyl groups is 1. The molecule has 0 aromatic rings. The minimum absolute atomic E-state index is 0.117. The van der Waals surface area contributed by atoms with Crippen LogP contribution < -0.4 is 0 Å². The van der Waals surface area contributed by atoms with Gasteiger partial charge in [0, 0.05) is 17.9 Å². The first-order chi connectivity index (χ1) is 8.65. The van der Waals surface area contributed by atoms with Crippen LogP contribution in [0.3, 0.4) is 0 Å². The molecule has 18 heavy (non-hydrogen) atoms. The third-order valence-electron chi connectivity index (χ3n) is 2.49. The number of halogens is 1. The van der Waals surface area contributed by atoms with Crippen LogP contribution in [-0.4, -0.2) is 29.7 Å². The van der Waals surface area contributed by atoms with Crippen molar-refractivity contribution in [1.29, 1.82) is 0 Å². The largest absolute Gasteiger partial charge is 0.463 e. The Hall–Kier alpha value is -0.800. The molecule has 0 aliphatic carbocycles. The summed E-state index contributed by atoms with van der Waals surface area (Å²) in [6, 6.07) is 0. The third kappa shape index (κ3) is 8.31. The lowest BCUT2D eigenvalue weighted by Gasteiger charge is -2.16. The smallest absolute Gasteiger partial charge is 0.330 e. The molecule has 4 heteroatoms. The van der Waals surface area contributed by atoms with Crippen LogP contribution in [0.5, 0.6) is 0 Å². The molecule has 0 fully saturated rings. The normalized spacial score (nSPS) is 15.1. The Labute approximate surface area is 114 Å². The van der Waals surface area contributed by atoms with Crippen LogP contribution in [0.2, 0.25) is 0 Å². The number of ether oxygens (including phenoxy) is 1. The first-order valence-corrected chi connectivity index (χ1v) is 6.93. The molecule has 0 saturated heterocycles. The van der Waals surface area contributed by atoms with Crippen molar-refractivity contribution in [3.8, 4) is 0 Å². The number of aliphatic hydroxyl groups excluding tert-OH is 1. The average molecular weight is 275 g/mol. The van der Waals surface area contributed by atoms with Gasteiger partial charge in [-0.2, -0.15) is 0 Å². The van der Waals surface area contributed by atoms with Gasteiger partial charge in [-0.15, -0.1) is 11.6 Å². The number of alkyl halides is 1. The molecule has 0 amide bonds. The van der Waals surface area contributed by atoms with Crippen LogP contribution >= 0.6 is 11.6 Å². The highest BCUT2D eigenvalue weighted by atomic mass is 35.5. The maximum Gasteiger partial charge on any atom is 0.330 e. The minimum atomic E-state index is -0.632. The molecule has 2 atom stereocenters. The predicted molar refractivity (Wildman–Crippen MR) is 74.7 cm³/mol. The molecule has 0 radical (unpaired) electrons. The molecule has 1 N–H and O–H groups in total. The van der Waals surface area contributed by atoms with Crippen LogP contribution in [0.15, 0.2) is 24.3 Å². The highest BCUT2D eigenvalue weighted by Gasteiger charge is 2.15. The maximum absolute atomic E-state index is 11.2. The zero-order valence-electron chi connectivity index (χ0n) is 11.1. The lowest BCUT2D eigenvalue weighted by atomic mass is 9.97. The fourth-order valence-electron chi connectivity index (χ4n) is 1.50. The van der Waals surface area contributed by atoms with E-state index in [0.29, 0.717) is 6.61 Å². The summed E-state index contributed by atoms with van der Waals surface area (Å²) in [5, 5.41) is 9.76. The molecule has 0 aromatic carbocycles. The number of esters is 1. The monoisotopic (exact) mass is 274 g/mol. The Morgan fingerprint density at radius 2 is 2.11 bits per heavy atom. The summed E-state index contributed by atoms with van der Waals surface area (Å²) in [5.74, 6) is -0.336. The van der Waals surface area contributed by atoms with Crippen molar-refractivity contribution in [3.05, 3.63) is 24.3 Å². The Kier molecular flexibility index (Phi) is 10.8. The van der Waals surface area contributed by atoms with Gasteiger partial charge in [-0.25, -0.2) is 4.79 Å². The predicted octanol–water partition coefficient (Wildman–Crippen LogP) is 3.07. The molecule has 0 unspecified atom stereocenters. The summed E-state index contributed by atoms with van der Waals surface area (Å²) in [7, 11) is 0. The number of allylic oxidation sites excluding steroid dienone is 2. The number of carbonyl (C=O) groups is 1. The second kappa shape index (κ2) is 11.3. The van der Waals surface area contributed by atoms with Crippen molar-refractivity contribution >= 4 is 17.6 Å². The van der Waals surface area contributed by atoms with Gasteiger partial charge in [0.1, 0.15) is 0 Å². The molecule has 0 bridgehead atoms. The molecule has 0 spiro atoms. The fourth-order valence-corrected chi connectivity index (χ4v) is 1.73. The van der Waals surface area contributed by atoms with E-state index in [2.05, 4.69) is 19.1 Å². The zero-order valence-corrected chi connectivity index (χ0v) is 11.9. The summed E-state index contributed by atoms with van der Waals surface area (Å²) in [6.45, 7) is 4.18. The highest BCUT2D eigenvalue weighted by Crippen LogP contribution is 2.15. The summed E-state index contributed by atoms with van der Waals surface area (Å²) in [6.07, 6.45) is 9.21. The van der Waals surface area contributed by atoms with E-state index >= 15 is 0 Å². The summed E-state index contributed by atoms with van der Waals surface area (Å²) < 4.78 is 4.79. The van der Waals surface area contributed by atoms with Crippen molar-refractivity contribution in [2.24, 2.45) is 5.92 Å². The molecular weight excluding hydrogens is 252 g/mol. The lowest BCUT2D eigenvalue weighted by Crippen LogP contribution is -2.20. The van der Waals surface area contributed by atoms with E-state index in [1.807, 2.05) is 0 Å². The molecule has 104 valence electrons. The van der Waals surface area contributed by atoms with Crippen molar-refractivity contribution < 1.29 is 14.6 Å². The quantitative estimate of drug-likeness (QED) is 0.304. The number of hydrogen-bond donors (Lipinski definition) is 1. The number of rotatable bonds is 9. The molecule has 0 aliphatic heterocycles. The minimum Gasteiger partial charge on any atom is -0.463 e. The van der Waals surface area contributed by atoms with Crippen molar-refractivity contribution in [1.82, 2.24) is 0 Å².